The Kier molecular flexibility index (Phi) is 6.53. The molecular weight excluding hydrogens is 288 g/mol. The van der Waals surface area contributed by atoms with Gasteiger partial charge in [-0.15, -0.1) is 0 Å². The largest absolute Gasteiger partial charge is 0.295 e. The van der Waals surface area contributed by atoms with Crippen molar-refractivity contribution in [2.75, 3.05) is 7.05 Å². The Morgan fingerprint density at radius 2 is 1.83 bits per heavy atom. The van der Waals surface area contributed by atoms with E-state index in [1.807, 2.05) is 25.2 Å². The second-order valence-corrected chi connectivity index (χ2v) is 6.18. The number of hydrogen-bond acceptors (Lipinski definition) is 3. The average Bonchev–Trinajstić information content (AvgIpc) is 2.86. The fourth-order valence-electron chi connectivity index (χ4n) is 3.03. The number of likely N-dealkylation sites (N-methyl/N-ethyl adjacent to an activating group) is 1. The summed E-state index contributed by atoms with van der Waals surface area (Å²) in [6.45, 7) is 2.95. The summed E-state index contributed by atoms with van der Waals surface area (Å²) in [5, 5.41) is 2.37. The highest BCUT2D eigenvalue weighted by Crippen LogP contribution is 2.21. The van der Waals surface area contributed by atoms with Crippen LogP contribution in [0.4, 0.5) is 0 Å². The van der Waals surface area contributed by atoms with Gasteiger partial charge in [0.25, 0.3) is 11.8 Å². The number of rotatable bonds is 9. The molecule has 4 nitrogen and oxygen atoms in total. The number of carbonyl (C=O) groups excluding carboxylic acids is 2. The van der Waals surface area contributed by atoms with Crippen LogP contribution in [0, 0.1) is 0 Å². The first-order valence-corrected chi connectivity index (χ1v) is 8.43. The molecule has 0 saturated heterocycles. The maximum absolute atomic E-state index is 12.0. The maximum atomic E-state index is 12.0. The van der Waals surface area contributed by atoms with Gasteiger partial charge in [-0.2, -0.15) is 0 Å². The van der Waals surface area contributed by atoms with Crippen molar-refractivity contribution >= 4 is 11.8 Å². The molecule has 0 aromatic heterocycles. The molecule has 0 aliphatic carbocycles. The zero-order chi connectivity index (χ0) is 16.7. The molecule has 124 valence electrons. The first kappa shape index (κ1) is 17.4. The standard InChI is InChI=1S/C19H26N2O2/c1-3-4-5-9-12-17(16-13-18(22)20-19(16)23)21(2)14-15-10-7-6-8-11-15/h6-8,10-11,13,17H,3-5,9,12,14H2,1-2H3,(H,20,22,23). The summed E-state index contributed by atoms with van der Waals surface area (Å²) in [5.41, 5.74) is 1.81. The molecule has 1 heterocycles. The molecule has 1 aromatic rings. The lowest BCUT2D eigenvalue weighted by molar-refractivity contribution is -0.124. The molecule has 4 heteroatoms. The molecule has 1 atom stereocenters. The van der Waals surface area contributed by atoms with E-state index in [1.165, 1.54) is 24.5 Å². The molecule has 1 aliphatic heterocycles. The summed E-state index contributed by atoms with van der Waals surface area (Å²) in [5.74, 6) is -0.535. The second kappa shape index (κ2) is 8.63. The molecule has 23 heavy (non-hydrogen) atoms. The highest BCUT2D eigenvalue weighted by atomic mass is 16.2. The highest BCUT2D eigenvalue weighted by Gasteiger charge is 2.30. The van der Waals surface area contributed by atoms with Gasteiger partial charge >= 0.3 is 0 Å². The molecule has 1 aliphatic rings. The van der Waals surface area contributed by atoms with Gasteiger partial charge in [-0.05, 0) is 19.0 Å². The zero-order valence-electron chi connectivity index (χ0n) is 14.0. The fraction of sp³-hybridized carbons (Fsp3) is 0.474. The number of unbranched alkanes of at least 4 members (excludes halogenated alkanes) is 3. The highest BCUT2D eigenvalue weighted by molar-refractivity contribution is 6.16. The van der Waals surface area contributed by atoms with E-state index >= 15 is 0 Å². The number of amides is 2. The van der Waals surface area contributed by atoms with Gasteiger partial charge in [0.1, 0.15) is 0 Å². The lowest BCUT2D eigenvalue weighted by Gasteiger charge is -2.28. The molecule has 0 fully saturated rings. The lowest BCUT2D eigenvalue weighted by Crippen LogP contribution is -2.36. The molecule has 0 radical (unpaired) electrons. The van der Waals surface area contributed by atoms with Crippen LogP contribution in [0.2, 0.25) is 0 Å². The molecule has 0 saturated carbocycles. The Hall–Kier alpha value is -1.94. The van der Waals surface area contributed by atoms with Gasteiger partial charge in [0, 0.05) is 24.2 Å². The summed E-state index contributed by atoms with van der Waals surface area (Å²) >= 11 is 0. The Morgan fingerprint density at radius 3 is 2.43 bits per heavy atom. The summed E-state index contributed by atoms with van der Waals surface area (Å²) in [4.78, 5) is 25.7. The lowest BCUT2D eigenvalue weighted by atomic mass is 9.98. The minimum Gasteiger partial charge on any atom is -0.295 e. The first-order chi connectivity index (χ1) is 11.1. The summed E-state index contributed by atoms with van der Waals surface area (Å²) in [7, 11) is 2.02. The van der Waals surface area contributed by atoms with Crippen LogP contribution in [0.1, 0.15) is 44.6 Å². The summed E-state index contributed by atoms with van der Waals surface area (Å²) < 4.78 is 0. The van der Waals surface area contributed by atoms with Gasteiger partial charge < -0.3 is 0 Å². The summed E-state index contributed by atoms with van der Waals surface area (Å²) in [6, 6.07) is 10.2. The van der Waals surface area contributed by atoms with Gasteiger partial charge in [-0.3, -0.25) is 19.8 Å². The van der Waals surface area contributed by atoms with Gasteiger partial charge in [-0.1, -0.05) is 62.9 Å². The van der Waals surface area contributed by atoms with Crippen molar-refractivity contribution < 1.29 is 9.59 Å². The van der Waals surface area contributed by atoms with Crippen LogP contribution < -0.4 is 5.32 Å². The predicted molar refractivity (Wildman–Crippen MR) is 91.7 cm³/mol. The van der Waals surface area contributed by atoms with E-state index in [9.17, 15) is 9.59 Å². The van der Waals surface area contributed by atoms with Crippen molar-refractivity contribution in [3.8, 4) is 0 Å². The van der Waals surface area contributed by atoms with Crippen LogP contribution in [-0.2, 0) is 16.1 Å². The number of benzene rings is 1. The third kappa shape index (κ3) is 5.03. The number of carbonyl (C=O) groups is 2. The number of imide groups is 1. The predicted octanol–water partition coefficient (Wildman–Crippen LogP) is 3.04. The van der Waals surface area contributed by atoms with Crippen molar-refractivity contribution in [1.29, 1.82) is 0 Å². The topological polar surface area (TPSA) is 49.4 Å². The van der Waals surface area contributed by atoms with Crippen LogP contribution in [0.15, 0.2) is 42.0 Å². The van der Waals surface area contributed by atoms with Gasteiger partial charge in [-0.25, -0.2) is 0 Å². The third-order valence-corrected chi connectivity index (χ3v) is 4.28. The molecule has 2 rings (SSSR count). The van der Waals surface area contributed by atoms with Crippen LogP contribution in [0.3, 0.4) is 0 Å². The molecule has 1 unspecified atom stereocenters. The normalized spacial score (nSPS) is 15.7. The number of nitrogens with one attached hydrogen (secondary N) is 1. The third-order valence-electron chi connectivity index (χ3n) is 4.28. The van der Waals surface area contributed by atoms with Crippen LogP contribution in [-0.4, -0.2) is 29.8 Å². The van der Waals surface area contributed by atoms with E-state index in [-0.39, 0.29) is 17.9 Å². The number of nitrogens with zero attached hydrogens (tertiary/aromatic N) is 1. The molecule has 2 amide bonds. The van der Waals surface area contributed by atoms with Crippen molar-refractivity contribution in [2.45, 2.75) is 51.6 Å². The van der Waals surface area contributed by atoms with Crippen LogP contribution >= 0.6 is 0 Å². The Bertz CT molecular complexity index is 566. The first-order valence-electron chi connectivity index (χ1n) is 8.43. The summed E-state index contributed by atoms with van der Waals surface area (Å²) in [6.07, 6.45) is 6.99. The van der Waals surface area contributed by atoms with E-state index in [0.717, 1.165) is 25.8 Å². The van der Waals surface area contributed by atoms with Crippen molar-refractivity contribution in [3.63, 3.8) is 0 Å². The Balaban J connectivity index is 2.07. The number of hydrogen-bond donors (Lipinski definition) is 1. The van der Waals surface area contributed by atoms with E-state index in [4.69, 9.17) is 0 Å². The smallest absolute Gasteiger partial charge is 0.255 e. The SMILES string of the molecule is CCCCCCC(C1=CC(=O)NC1=O)N(C)Cc1ccccc1. The van der Waals surface area contributed by atoms with Gasteiger partial charge in [0.05, 0.1) is 0 Å². The van der Waals surface area contributed by atoms with E-state index < -0.39 is 0 Å². The molecule has 0 spiro atoms. The van der Waals surface area contributed by atoms with Crippen molar-refractivity contribution in [2.24, 2.45) is 0 Å². The van der Waals surface area contributed by atoms with E-state index in [0.29, 0.717) is 5.57 Å². The van der Waals surface area contributed by atoms with Gasteiger partial charge in [0.2, 0.25) is 0 Å². The monoisotopic (exact) mass is 314 g/mol. The fourth-order valence-corrected chi connectivity index (χ4v) is 3.03. The Morgan fingerprint density at radius 1 is 1.09 bits per heavy atom. The molecular formula is C19H26N2O2. The molecule has 0 bridgehead atoms. The van der Waals surface area contributed by atoms with E-state index in [1.54, 1.807) is 0 Å². The minimum absolute atomic E-state index is 0.0153. The average molecular weight is 314 g/mol. The maximum Gasteiger partial charge on any atom is 0.255 e. The molecule has 1 aromatic carbocycles. The second-order valence-electron chi connectivity index (χ2n) is 6.18. The quantitative estimate of drug-likeness (QED) is 0.563. The van der Waals surface area contributed by atoms with Gasteiger partial charge in [0.15, 0.2) is 0 Å². The zero-order valence-corrected chi connectivity index (χ0v) is 14.0. The van der Waals surface area contributed by atoms with Crippen LogP contribution in [0.5, 0.6) is 0 Å². The van der Waals surface area contributed by atoms with Crippen LogP contribution in [0.25, 0.3) is 0 Å². The van der Waals surface area contributed by atoms with Crippen molar-refractivity contribution in [3.05, 3.63) is 47.5 Å². The molecule has 1 N–H and O–H groups in total. The Labute approximate surface area is 138 Å². The van der Waals surface area contributed by atoms with Crippen molar-refractivity contribution in [1.82, 2.24) is 10.2 Å². The minimum atomic E-state index is -0.295. The van der Waals surface area contributed by atoms with E-state index in [2.05, 4.69) is 29.3 Å².